The summed E-state index contributed by atoms with van der Waals surface area (Å²) < 4.78 is 30.5. The molecule has 0 aliphatic heterocycles. The molecule has 27 heavy (non-hydrogen) atoms. The van der Waals surface area contributed by atoms with Crippen molar-refractivity contribution in [2.24, 2.45) is 0 Å². The molecule has 0 aliphatic carbocycles. The van der Waals surface area contributed by atoms with Crippen LogP contribution in [0.4, 0.5) is 5.69 Å². The minimum Gasteiger partial charge on any atom is -0.491 e. The summed E-state index contributed by atoms with van der Waals surface area (Å²) in [5.74, 6) is 0.505. The second-order valence-corrected chi connectivity index (χ2v) is 8.70. The molecule has 6 nitrogen and oxygen atoms in total. The Morgan fingerprint density at radius 3 is 2.44 bits per heavy atom. The van der Waals surface area contributed by atoms with Gasteiger partial charge in [0, 0.05) is 12.6 Å². The van der Waals surface area contributed by atoms with E-state index < -0.39 is 10.0 Å². The highest BCUT2D eigenvalue weighted by Gasteiger charge is 2.17. The maximum absolute atomic E-state index is 12.5. The highest BCUT2D eigenvalue weighted by molar-refractivity contribution is 7.92. The number of nitrogens with one attached hydrogen (secondary N) is 1. The van der Waals surface area contributed by atoms with Crippen LogP contribution in [0.15, 0.2) is 42.5 Å². The fourth-order valence-corrected chi connectivity index (χ4v) is 3.10. The number of carbonyl (C=O) groups is 1. The zero-order valence-corrected chi connectivity index (χ0v) is 17.1. The predicted octanol–water partition coefficient (Wildman–Crippen LogP) is 2.90. The molecule has 0 aliphatic rings. The Morgan fingerprint density at radius 1 is 1.15 bits per heavy atom. The van der Waals surface area contributed by atoms with E-state index in [2.05, 4.69) is 5.32 Å². The summed E-state index contributed by atoms with van der Waals surface area (Å²) >= 11 is 0. The number of carbonyl (C=O) groups excluding carboxylic acids is 1. The zero-order chi connectivity index (χ0) is 20.2. The third kappa shape index (κ3) is 5.47. The van der Waals surface area contributed by atoms with Crippen LogP contribution in [0.5, 0.6) is 5.75 Å². The van der Waals surface area contributed by atoms with Crippen molar-refractivity contribution in [2.75, 3.05) is 24.2 Å². The second-order valence-electron chi connectivity index (χ2n) is 6.68. The summed E-state index contributed by atoms with van der Waals surface area (Å²) in [6.45, 7) is 5.95. The molecule has 0 saturated heterocycles. The van der Waals surface area contributed by atoms with Crippen molar-refractivity contribution in [3.05, 3.63) is 59.2 Å². The van der Waals surface area contributed by atoms with Gasteiger partial charge in [-0.15, -0.1) is 0 Å². The quantitative estimate of drug-likeness (QED) is 0.789. The van der Waals surface area contributed by atoms with E-state index in [0.717, 1.165) is 23.1 Å². The van der Waals surface area contributed by atoms with Crippen molar-refractivity contribution in [2.45, 2.75) is 26.8 Å². The molecule has 0 saturated carbocycles. The first kappa shape index (κ1) is 20.8. The van der Waals surface area contributed by atoms with Crippen molar-refractivity contribution in [3.63, 3.8) is 0 Å². The molecular formula is C20H26N2O4S. The molecule has 0 spiro atoms. The molecule has 0 aromatic heterocycles. The molecule has 0 radical (unpaired) electrons. The van der Waals surface area contributed by atoms with Crippen molar-refractivity contribution < 1.29 is 17.9 Å². The van der Waals surface area contributed by atoms with Gasteiger partial charge in [0.25, 0.3) is 5.91 Å². The molecule has 0 fully saturated rings. The van der Waals surface area contributed by atoms with E-state index in [1.807, 2.05) is 38.1 Å². The van der Waals surface area contributed by atoms with Crippen LogP contribution in [0.2, 0.25) is 0 Å². The first-order chi connectivity index (χ1) is 12.6. The molecule has 1 N–H and O–H groups in total. The molecule has 0 unspecified atom stereocenters. The molecule has 0 heterocycles. The number of anilines is 1. The van der Waals surface area contributed by atoms with E-state index in [4.69, 9.17) is 4.74 Å². The number of hydrogen-bond acceptors (Lipinski definition) is 4. The van der Waals surface area contributed by atoms with Gasteiger partial charge >= 0.3 is 0 Å². The SMILES string of the molecule is Cc1ccccc1OC[C@@H](C)NC(=O)c1ccc(C)c(N(C)S(C)(=O)=O)c1. The third-order valence-electron chi connectivity index (χ3n) is 4.27. The van der Waals surface area contributed by atoms with E-state index in [1.54, 1.807) is 25.1 Å². The van der Waals surface area contributed by atoms with Gasteiger partial charge < -0.3 is 10.1 Å². The number of benzene rings is 2. The van der Waals surface area contributed by atoms with Crippen LogP contribution in [0, 0.1) is 13.8 Å². The van der Waals surface area contributed by atoms with E-state index in [0.29, 0.717) is 17.9 Å². The lowest BCUT2D eigenvalue weighted by atomic mass is 10.1. The van der Waals surface area contributed by atoms with Crippen LogP contribution in [-0.2, 0) is 10.0 Å². The first-order valence-electron chi connectivity index (χ1n) is 8.63. The van der Waals surface area contributed by atoms with E-state index in [-0.39, 0.29) is 11.9 Å². The molecular weight excluding hydrogens is 364 g/mol. The minimum absolute atomic E-state index is 0.213. The largest absolute Gasteiger partial charge is 0.491 e. The first-order valence-corrected chi connectivity index (χ1v) is 10.5. The van der Waals surface area contributed by atoms with Crippen molar-refractivity contribution in [3.8, 4) is 5.75 Å². The number of ether oxygens (including phenoxy) is 1. The number of hydrogen-bond donors (Lipinski definition) is 1. The fraction of sp³-hybridized carbons (Fsp3) is 0.350. The zero-order valence-electron chi connectivity index (χ0n) is 16.3. The lowest BCUT2D eigenvalue weighted by Crippen LogP contribution is -2.37. The third-order valence-corrected chi connectivity index (χ3v) is 5.46. The highest BCUT2D eigenvalue weighted by atomic mass is 32.2. The smallest absolute Gasteiger partial charge is 0.251 e. The van der Waals surface area contributed by atoms with Gasteiger partial charge in [-0.05, 0) is 50.1 Å². The highest BCUT2D eigenvalue weighted by Crippen LogP contribution is 2.23. The molecule has 2 rings (SSSR count). The Labute approximate surface area is 161 Å². The Bertz CT molecular complexity index is 925. The summed E-state index contributed by atoms with van der Waals surface area (Å²) in [6, 6.07) is 12.5. The molecule has 0 bridgehead atoms. The lowest BCUT2D eigenvalue weighted by Gasteiger charge is -2.20. The standard InChI is InChI=1S/C20H26N2O4S/c1-14-10-11-17(12-18(14)22(4)27(5,24)25)20(23)21-16(3)13-26-19-9-7-6-8-15(19)2/h6-12,16H,13H2,1-5H3,(H,21,23)/t16-/m1/s1. The topological polar surface area (TPSA) is 75.7 Å². The summed E-state index contributed by atoms with van der Waals surface area (Å²) in [7, 11) is -1.94. The minimum atomic E-state index is -3.41. The number of rotatable bonds is 7. The van der Waals surface area contributed by atoms with Crippen molar-refractivity contribution >= 4 is 21.6 Å². The van der Waals surface area contributed by atoms with E-state index in [9.17, 15) is 13.2 Å². The van der Waals surface area contributed by atoms with Gasteiger partial charge in [0.2, 0.25) is 10.0 Å². The van der Waals surface area contributed by atoms with Crippen LogP contribution in [0.1, 0.15) is 28.4 Å². The number of aryl methyl sites for hydroxylation is 2. The van der Waals surface area contributed by atoms with Gasteiger partial charge in [-0.2, -0.15) is 0 Å². The number of sulfonamides is 1. The summed E-state index contributed by atoms with van der Waals surface area (Å²) in [5, 5.41) is 2.88. The van der Waals surface area contributed by atoms with Gasteiger partial charge in [0.15, 0.2) is 0 Å². The Balaban J connectivity index is 2.06. The second kappa shape index (κ2) is 8.43. The lowest BCUT2D eigenvalue weighted by molar-refractivity contribution is 0.0926. The summed E-state index contributed by atoms with van der Waals surface area (Å²) in [6.07, 6.45) is 1.13. The van der Waals surface area contributed by atoms with Gasteiger partial charge in [0.1, 0.15) is 12.4 Å². The Hall–Kier alpha value is -2.54. The van der Waals surface area contributed by atoms with E-state index in [1.165, 1.54) is 11.4 Å². The molecule has 7 heteroatoms. The summed E-state index contributed by atoms with van der Waals surface area (Å²) in [4.78, 5) is 12.5. The normalized spacial score (nSPS) is 12.3. The molecule has 1 atom stereocenters. The predicted molar refractivity (Wildman–Crippen MR) is 108 cm³/mol. The molecule has 2 aromatic rings. The maximum Gasteiger partial charge on any atom is 0.251 e. The van der Waals surface area contributed by atoms with E-state index >= 15 is 0 Å². The van der Waals surface area contributed by atoms with Crippen LogP contribution in [0.3, 0.4) is 0 Å². The molecule has 1 amide bonds. The summed E-state index contributed by atoms with van der Waals surface area (Å²) in [5.41, 5.74) is 2.68. The Kier molecular flexibility index (Phi) is 6.49. The monoisotopic (exact) mass is 390 g/mol. The molecule has 2 aromatic carbocycles. The number of nitrogens with zero attached hydrogens (tertiary/aromatic N) is 1. The van der Waals surface area contributed by atoms with Crippen molar-refractivity contribution in [1.82, 2.24) is 5.32 Å². The Morgan fingerprint density at radius 2 is 1.81 bits per heavy atom. The van der Waals surface area contributed by atoms with Crippen LogP contribution < -0.4 is 14.4 Å². The number of para-hydroxylation sites is 1. The van der Waals surface area contributed by atoms with Crippen LogP contribution >= 0.6 is 0 Å². The maximum atomic E-state index is 12.5. The van der Waals surface area contributed by atoms with Crippen LogP contribution in [0.25, 0.3) is 0 Å². The van der Waals surface area contributed by atoms with Gasteiger partial charge in [-0.1, -0.05) is 24.3 Å². The van der Waals surface area contributed by atoms with Crippen LogP contribution in [-0.4, -0.2) is 40.3 Å². The number of amides is 1. The van der Waals surface area contributed by atoms with Gasteiger partial charge in [-0.25, -0.2) is 8.42 Å². The molecule has 146 valence electrons. The fourth-order valence-electron chi connectivity index (χ4n) is 2.55. The van der Waals surface area contributed by atoms with Gasteiger partial charge in [-0.3, -0.25) is 9.10 Å². The van der Waals surface area contributed by atoms with Crippen molar-refractivity contribution in [1.29, 1.82) is 0 Å². The average molecular weight is 391 g/mol. The van der Waals surface area contributed by atoms with Gasteiger partial charge in [0.05, 0.1) is 18.0 Å². The average Bonchev–Trinajstić information content (AvgIpc) is 2.60.